The van der Waals surface area contributed by atoms with Gasteiger partial charge in [0.25, 0.3) is 5.91 Å². The van der Waals surface area contributed by atoms with Gasteiger partial charge in [0.05, 0.1) is 12.7 Å². The molecule has 1 heterocycles. The molecule has 1 aromatic rings. The highest BCUT2D eigenvalue weighted by Crippen LogP contribution is 2.51. The second-order valence-electron chi connectivity index (χ2n) is 9.28. The molecule has 0 aromatic heterocycles. The van der Waals surface area contributed by atoms with E-state index in [0.717, 1.165) is 32.5 Å². The highest BCUT2D eigenvalue weighted by atomic mass is 35.5. The minimum Gasteiger partial charge on any atom is -0.377 e. The number of rotatable bonds is 7. The first-order chi connectivity index (χ1) is 14.2. The van der Waals surface area contributed by atoms with Crippen LogP contribution in [-0.4, -0.2) is 55.6 Å². The highest BCUT2D eigenvalue weighted by molar-refractivity contribution is 6.31. The van der Waals surface area contributed by atoms with Crippen molar-refractivity contribution in [2.45, 2.75) is 50.6 Å². The number of halogens is 4. The van der Waals surface area contributed by atoms with Crippen molar-refractivity contribution in [3.63, 3.8) is 0 Å². The van der Waals surface area contributed by atoms with Gasteiger partial charge in [-0.1, -0.05) is 11.6 Å². The molecule has 4 nitrogen and oxygen atoms in total. The van der Waals surface area contributed by atoms with Gasteiger partial charge in [-0.25, -0.2) is 13.2 Å². The van der Waals surface area contributed by atoms with E-state index < -0.39 is 11.7 Å². The predicted octanol–water partition coefficient (Wildman–Crippen LogP) is 4.52. The third-order valence-corrected chi connectivity index (χ3v) is 6.88. The van der Waals surface area contributed by atoms with Gasteiger partial charge in [0.1, 0.15) is 5.82 Å². The number of carbonyl (C=O) groups excluding carboxylic acids is 1. The van der Waals surface area contributed by atoms with E-state index in [1.807, 2.05) is 0 Å². The third-order valence-electron chi connectivity index (χ3n) is 6.66. The zero-order valence-electron chi connectivity index (χ0n) is 16.9. The molecule has 1 spiro atoms. The maximum Gasteiger partial charge on any atom is 0.251 e. The Morgan fingerprint density at radius 3 is 2.57 bits per heavy atom. The van der Waals surface area contributed by atoms with E-state index in [2.05, 4.69) is 10.2 Å². The molecule has 2 aliphatic carbocycles. The van der Waals surface area contributed by atoms with Gasteiger partial charge in [-0.05, 0) is 55.2 Å². The lowest BCUT2D eigenvalue weighted by Crippen LogP contribution is -2.63. The average molecular weight is 445 g/mol. The molecule has 8 heteroatoms. The molecule has 1 aliphatic heterocycles. The number of amides is 1. The number of nitrogens with zero attached hydrogens (tertiary/aromatic N) is 1. The minimum absolute atomic E-state index is 0.0236. The van der Waals surface area contributed by atoms with Crippen LogP contribution >= 0.6 is 11.6 Å². The zero-order chi connectivity index (χ0) is 21.4. The van der Waals surface area contributed by atoms with Gasteiger partial charge in [0.15, 0.2) is 0 Å². The van der Waals surface area contributed by atoms with Gasteiger partial charge in [0, 0.05) is 49.6 Å². The Morgan fingerprint density at radius 1 is 1.20 bits per heavy atom. The van der Waals surface area contributed by atoms with E-state index in [1.165, 1.54) is 18.2 Å². The standard InChI is InChI=1S/C22H28ClF3N2O2/c23-17-7-16(8-18(24)9-17)20(29)27-12-15-10-21(11-15)13-28(14-21)5-6-30-19-1-3-22(25,26)4-2-19/h7-9,15,19H,1-6,10-14H2,(H,27,29). The molecular formula is C22H28ClF3N2O2. The van der Waals surface area contributed by atoms with E-state index in [1.54, 1.807) is 0 Å². The fraction of sp³-hybridized carbons (Fsp3) is 0.682. The third kappa shape index (κ3) is 5.29. The van der Waals surface area contributed by atoms with Gasteiger partial charge >= 0.3 is 0 Å². The number of hydrogen-bond donors (Lipinski definition) is 1. The summed E-state index contributed by atoms with van der Waals surface area (Å²) in [6, 6.07) is 3.83. The van der Waals surface area contributed by atoms with Crippen molar-refractivity contribution >= 4 is 17.5 Å². The van der Waals surface area contributed by atoms with E-state index in [0.29, 0.717) is 37.3 Å². The van der Waals surface area contributed by atoms with E-state index in [4.69, 9.17) is 16.3 Å². The number of benzene rings is 1. The van der Waals surface area contributed by atoms with Gasteiger partial charge in [-0.15, -0.1) is 0 Å². The molecule has 1 amide bonds. The van der Waals surface area contributed by atoms with Crippen molar-refractivity contribution < 1.29 is 22.7 Å². The van der Waals surface area contributed by atoms with Crippen LogP contribution in [-0.2, 0) is 4.74 Å². The molecule has 2 saturated carbocycles. The molecular weight excluding hydrogens is 417 g/mol. The van der Waals surface area contributed by atoms with Gasteiger partial charge in [0.2, 0.25) is 5.92 Å². The first-order valence-corrected chi connectivity index (χ1v) is 11.1. The summed E-state index contributed by atoms with van der Waals surface area (Å²) in [5.41, 5.74) is 0.593. The Kier molecular flexibility index (Phi) is 6.33. The first-order valence-electron chi connectivity index (χ1n) is 10.7. The lowest BCUT2D eigenvalue weighted by Gasteiger charge is -2.59. The predicted molar refractivity (Wildman–Crippen MR) is 108 cm³/mol. The minimum atomic E-state index is -2.51. The molecule has 0 bridgehead atoms. The Hall–Kier alpha value is -1.31. The second-order valence-corrected chi connectivity index (χ2v) is 9.72. The molecule has 166 valence electrons. The van der Waals surface area contributed by atoms with Crippen LogP contribution in [0.2, 0.25) is 5.02 Å². The summed E-state index contributed by atoms with van der Waals surface area (Å²) in [7, 11) is 0. The maximum absolute atomic E-state index is 13.4. The Morgan fingerprint density at radius 2 is 1.90 bits per heavy atom. The monoisotopic (exact) mass is 444 g/mol. The molecule has 3 fully saturated rings. The summed E-state index contributed by atoms with van der Waals surface area (Å²) in [4.78, 5) is 14.5. The average Bonchev–Trinajstić information content (AvgIpc) is 2.61. The fourth-order valence-corrected chi connectivity index (χ4v) is 5.40. The summed E-state index contributed by atoms with van der Waals surface area (Å²) in [5.74, 6) is -2.88. The van der Waals surface area contributed by atoms with E-state index in [9.17, 15) is 18.0 Å². The summed E-state index contributed by atoms with van der Waals surface area (Å²) in [6.07, 6.45) is 2.91. The largest absolute Gasteiger partial charge is 0.377 e. The van der Waals surface area contributed by atoms with Crippen molar-refractivity contribution in [3.8, 4) is 0 Å². The molecule has 3 aliphatic rings. The van der Waals surface area contributed by atoms with Crippen LogP contribution in [0.1, 0.15) is 48.9 Å². The van der Waals surface area contributed by atoms with Crippen LogP contribution < -0.4 is 5.32 Å². The lowest BCUT2D eigenvalue weighted by atomic mass is 9.57. The fourth-order valence-electron chi connectivity index (χ4n) is 5.18. The van der Waals surface area contributed by atoms with E-state index >= 15 is 0 Å². The Balaban J connectivity index is 1.08. The summed E-state index contributed by atoms with van der Waals surface area (Å²) in [5, 5.41) is 3.09. The molecule has 0 unspecified atom stereocenters. The van der Waals surface area contributed by atoms with Gasteiger partial charge in [-0.2, -0.15) is 0 Å². The molecule has 0 atom stereocenters. The number of ether oxygens (including phenoxy) is 1. The quantitative estimate of drug-likeness (QED) is 0.672. The normalized spacial score (nSPS) is 23.7. The molecule has 1 saturated heterocycles. The second kappa shape index (κ2) is 8.67. The van der Waals surface area contributed by atoms with Crippen LogP contribution in [0, 0.1) is 17.2 Å². The molecule has 1 N–H and O–H groups in total. The van der Waals surface area contributed by atoms with Crippen molar-refractivity contribution in [2.24, 2.45) is 11.3 Å². The Bertz CT molecular complexity index is 747. The zero-order valence-corrected chi connectivity index (χ0v) is 17.7. The number of carbonyl (C=O) groups is 1. The van der Waals surface area contributed by atoms with Crippen molar-refractivity contribution in [1.82, 2.24) is 10.2 Å². The van der Waals surface area contributed by atoms with Crippen LogP contribution in [0.15, 0.2) is 18.2 Å². The van der Waals surface area contributed by atoms with E-state index in [-0.39, 0.29) is 35.4 Å². The Labute approximate surface area is 180 Å². The van der Waals surface area contributed by atoms with Crippen LogP contribution in [0.3, 0.4) is 0 Å². The topological polar surface area (TPSA) is 41.6 Å². The number of likely N-dealkylation sites (tertiary alicyclic amines) is 1. The highest BCUT2D eigenvalue weighted by Gasteiger charge is 2.51. The van der Waals surface area contributed by atoms with Crippen molar-refractivity contribution in [2.75, 3.05) is 32.8 Å². The van der Waals surface area contributed by atoms with Crippen LogP contribution in [0.4, 0.5) is 13.2 Å². The molecule has 0 radical (unpaired) electrons. The van der Waals surface area contributed by atoms with Crippen molar-refractivity contribution in [1.29, 1.82) is 0 Å². The number of hydrogen-bond acceptors (Lipinski definition) is 3. The van der Waals surface area contributed by atoms with Crippen LogP contribution in [0.25, 0.3) is 0 Å². The molecule has 30 heavy (non-hydrogen) atoms. The molecule has 1 aromatic carbocycles. The lowest BCUT2D eigenvalue weighted by molar-refractivity contribution is -0.112. The first kappa shape index (κ1) is 21.9. The van der Waals surface area contributed by atoms with Crippen molar-refractivity contribution in [3.05, 3.63) is 34.6 Å². The van der Waals surface area contributed by atoms with Gasteiger partial charge < -0.3 is 10.1 Å². The number of nitrogens with one attached hydrogen (secondary N) is 1. The SMILES string of the molecule is O=C(NCC1CC2(C1)CN(CCOC1CCC(F)(F)CC1)C2)c1cc(F)cc(Cl)c1. The number of alkyl halides is 2. The summed E-state index contributed by atoms with van der Waals surface area (Å²) in [6.45, 7) is 4.09. The van der Waals surface area contributed by atoms with Crippen LogP contribution in [0.5, 0.6) is 0 Å². The summed E-state index contributed by atoms with van der Waals surface area (Å²) < 4.78 is 45.5. The summed E-state index contributed by atoms with van der Waals surface area (Å²) >= 11 is 5.80. The maximum atomic E-state index is 13.4. The van der Waals surface area contributed by atoms with Gasteiger partial charge in [-0.3, -0.25) is 9.69 Å². The smallest absolute Gasteiger partial charge is 0.251 e. The molecule has 4 rings (SSSR count).